The van der Waals surface area contributed by atoms with Crippen molar-refractivity contribution in [2.24, 2.45) is 0 Å². The quantitative estimate of drug-likeness (QED) is 0.418. The van der Waals surface area contributed by atoms with Gasteiger partial charge in [0.25, 0.3) is 0 Å². The van der Waals surface area contributed by atoms with Gasteiger partial charge in [0.1, 0.15) is 0 Å². The summed E-state index contributed by atoms with van der Waals surface area (Å²) >= 11 is 0. The van der Waals surface area contributed by atoms with Crippen molar-refractivity contribution in [1.82, 2.24) is 0 Å². The van der Waals surface area contributed by atoms with E-state index in [4.69, 9.17) is 17.5 Å². The minimum atomic E-state index is -4.67. The van der Waals surface area contributed by atoms with Gasteiger partial charge in [-0.2, -0.15) is 8.42 Å². The first-order valence-corrected chi connectivity index (χ1v) is 2.10. The molecule has 2 N–H and O–H groups in total. The SMILES string of the molecule is O=S(=O)(O)O.[Co].[MgH2].[Sc].[Zn]. The maximum absolute atomic E-state index is 8.74. The smallest absolute Gasteiger partial charge is 0.264 e. The molecule has 0 saturated heterocycles. The van der Waals surface area contributed by atoms with Crippen LogP contribution >= 0.6 is 0 Å². The number of hydrogen-bond acceptors (Lipinski definition) is 2. The third-order valence-electron chi connectivity index (χ3n) is 0. The third kappa shape index (κ3) is 114. The van der Waals surface area contributed by atoms with E-state index < -0.39 is 10.4 Å². The number of hydrogen-bond donors (Lipinski definition) is 2. The Kier molecular flexibility index (Phi) is 44.0. The molecule has 50 valence electrons. The van der Waals surface area contributed by atoms with Gasteiger partial charge in [-0.05, 0) is 0 Å². The van der Waals surface area contributed by atoms with Crippen molar-refractivity contribution in [3.05, 3.63) is 0 Å². The molecule has 0 heterocycles. The van der Waals surface area contributed by atoms with E-state index >= 15 is 0 Å². The van der Waals surface area contributed by atoms with Crippen LogP contribution in [0, 0.1) is 0 Å². The maximum Gasteiger partial charge on any atom is 0.394 e. The molecule has 0 bridgehead atoms. The molecule has 0 fully saturated rings. The Morgan fingerprint density at radius 3 is 1.11 bits per heavy atom. The van der Waals surface area contributed by atoms with Gasteiger partial charge < -0.3 is 0 Å². The van der Waals surface area contributed by atoms with Crippen LogP contribution in [-0.4, -0.2) is 40.6 Å². The van der Waals surface area contributed by atoms with Crippen molar-refractivity contribution in [3.63, 3.8) is 0 Å². The second-order valence-electron chi connectivity index (χ2n) is 0.448. The fourth-order valence-electron chi connectivity index (χ4n) is 0. The second-order valence-corrected chi connectivity index (χ2v) is 1.34. The standard InChI is InChI=1S/Co.Mg.H2O4S.Sc.Zn.2H/c;;1-5(2,3)4;;;;/h;;(H2,1,2,3,4);;;;. The third-order valence-corrected chi connectivity index (χ3v) is 0. The van der Waals surface area contributed by atoms with E-state index in [9.17, 15) is 0 Å². The Bertz CT molecular complexity index is 104. The molecule has 0 unspecified atom stereocenters. The fraction of sp³-hybridized carbons (Fsp3) is 0. The largest absolute Gasteiger partial charge is 0.394 e. The summed E-state index contributed by atoms with van der Waals surface area (Å²) in [5.41, 5.74) is 0. The normalized spacial score (nSPS) is 6.44. The van der Waals surface area contributed by atoms with Crippen molar-refractivity contribution in [2.45, 2.75) is 0 Å². The Labute approximate surface area is 111 Å². The Hall–Kier alpha value is 2.64. The van der Waals surface area contributed by atoms with Crippen molar-refractivity contribution in [1.29, 1.82) is 0 Å². The summed E-state index contributed by atoms with van der Waals surface area (Å²) in [5, 5.41) is 0. The minimum Gasteiger partial charge on any atom is -0.264 e. The Balaban J connectivity index is -0.0000000133. The first kappa shape index (κ1) is 29.9. The van der Waals surface area contributed by atoms with E-state index in [0.717, 1.165) is 0 Å². The molecule has 9 heavy (non-hydrogen) atoms. The Morgan fingerprint density at radius 1 is 1.11 bits per heavy atom. The van der Waals surface area contributed by atoms with Crippen LogP contribution in [0.3, 0.4) is 0 Å². The summed E-state index contributed by atoms with van der Waals surface area (Å²) in [7, 11) is -4.67. The average Bonchev–Trinajstić information content (AvgIpc) is 0.722. The fourth-order valence-corrected chi connectivity index (χ4v) is 0. The van der Waals surface area contributed by atoms with Crippen molar-refractivity contribution >= 4 is 33.5 Å². The first-order valence-electron chi connectivity index (χ1n) is 0.698. The zero-order chi connectivity index (χ0) is 4.50. The summed E-state index contributed by atoms with van der Waals surface area (Å²) in [6.07, 6.45) is 0. The summed E-state index contributed by atoms with van der Waals surface area (Å²) in [5.74, 6) is 0. The molecule has 0 aliphatic carbocycles. The van der Waals surface area contributed by atoms with Gasteiger partial charge >= 0.3 is 33.5 Å². The van der Waals surface area contributed by atoms with E-state index in [1.807, 2.05) is 0 Å². The van der Waals surface area contributed by atoms with Crippen LogP contribution in [0.4, 0.5) is 0 Å². The molecule has 0 atom stereocenters. The van der Waals surface area contributed by atoms with E-state index in [0.29, 0.717) is 0 Å². The van der Waals surface area contributed by atoms with Gasteiger partial charge in [0.15, 0.2) is 0 Å². The summed E-state index contributed by atoms with van der Waals surface area (Å²) in [4.78, 5) is 0. The van der Waals surface area contributed by atoms with Crippen LogP contribution in [0.2, 0.25) is 0 Å². The second kappa shape index (κ2) is 13.2. The van der Waals surface area contributed by atoms with Crippen LogP contribution in [0.5, 0.6) is 0 Å². The monoisotopic (exact) mass is 292 g/mol. The van der Waals surface area contributed by atoms with Crippen molar-refractivity contribution in [2.75, 3.05) is 0 Å². The molecule has 0 saturated carbocycles. The molecular weight excluding hydrogens is 290 g/mol. The van der Waals surface area contributed by atoms with Gasteiger partial charge in [-0.25, -0.2) is 0 Å². The van der Waals surface area contributed by atoms with Crippen molar-refractivity contribution < 1.29 is 79.6 Å². The molecule has 4 nitrogen and oxygen atoms in total. The Morgan fingerprint density at radius 2 is 1.11 bits per heavy atom. The average molecular weight is 294 g/mol. The van der Waals surface area contributed by atoms with E-state index in [1.165, 1.54) is 0 Å². The summed E-state index contributed by atoms with van der Waals surface area (Å²) in [6.45, 7) is 0. The molecular formula is H4CoMgO4SScZn. The molecule has 9 heteroatoms. The van der Waals surface area contributed by atoms with Gasteiger partial charge in [-0.3, -0.25) is 9.11 Å². The number of rotatable bonds is 0. The van der Waals surface area contributed by atoms with Crippen LogP contribution < -0.4 is 0 Å². The predicted octanol–water partition coefficient (Wildman–Crippen LogP) is -1.58. The molecule has 2 radical (unpaired) electrons. The topological polar surface area (TPSA) is 74.6 Å². The summed E-state index contributed by atoms with van der Waals surface area (Å²) < 4.78 is 31.6. The van der Waals surface area contributed by atoms with Gasteiger partial charge in [0.2, 0.25) is 0 Å². The van der Waals surface area contributed by atoms with Crippen LogP contribution in [0.15, 0.2) is 0 Å². The van der Waals surface area contributed by atoms with Crippen molar-refractivity contribution in [3.8, 4) is 0 Å². The van der Waals surface area contributed by atoms with Gasteiger partial charge in [-0.15, -0.1) is 0 Å². The van der Waals surface area contributed by atoms with Gasteiger partial charge in [0.05, 0.1) is 0 Å². The van der Waals surface area contributed by atoms with E-state index in [2.05, 4.69) is 0 Å². The molecule has 0 aromatic carbocycles. The predicted molar refractivity (Wildman–Crippen MR) is 22.7 cm³/mol. The van der Waals surface area contributed by atoms with Crippen LogP contribution in [0.1, 0.15) is 0 Å². The van der Waals surface area contributed by atoms with Gasteiger partial charge in [-0.1, -0.05) is 0 Å². The molecule has 0 rings (SSSR count). The van der Waals surface area contributed by atoms with E-state index in [1.54, 1.807) is 0 Å². The zero-order valence-corrected chi connectivity index (χ0v) is 10.4. The first-order chi connectivity index (χ1) is 2.00. The molecule has 0 spiro atoms. The summed E-state index contributed by atoms with van der Waals surface area (Å²) in [6, 6.07) is 0. The minimum absolute atomic E-state index is 0. The molecule has 0 amide bonds. The molecule has 0 aliphatic rings. The molecule has 0 aliphatic heterocycles. The van der Waals surface area contributed by atoms with E-state index in [-0.39, 0.29) is 85.2 Å². The maximum atomic E-state index is 8.74. The van der Waals surface area contributed by atoms with Crippen LogP contribution in [0.25, 0.3) is 0 Å². The molecule has 0 aromatic heterocycles. The zero-order valence-electron chi connectivity index (χ0n) is 3.74. The van der Waals surface area contributed by atoms with Crippen LogP contribution in [-0.2, 0) is 72.5 Å². The molecule has 0 aromatic rings. The van der Waals surface area contributed by atoms with Gasteiger partial charge in [0, 0.05) is 62.1 Å².